The van der Waals surface area contributed by atoms with Gasteiger partial charge in [-0.3, -0.25) is 0 Å². The van der Waals surface area contributed by atoms with Crippen molar-refractivity contribution in [2.24, 2.45) is 0 Å². The molecule has 0 radical (unpaired) electrons. The molecule has 0 aromatic heterocycles. The fraction of sp³-hybridized carbons (Fsp3) is 0.0278. The van der Waals surface area contributed by atoms with Gasteiger partial charge in [0.15, 0.2) is 0 Å². The van der Waals surface area contributed by atoms with Crippen molar-refractivity contribution in [3.05, 3.63) is 314 Å². The van der Waals surface area contributed by atoms with Gasteiger partial charge in [-0.05, 0) is 163 Å². The van der Waals surface area contributed by atoms with E-state index in [-0.39, 0.29) is 5.92 Å². The Morgan fingerprint density at radius 3 is 0.905 bits per heavy atom. The first kappa shape index (κ1) is 44.4. The van der Waals surface area contributed by atoms with Gasteiger partial charge in [-0.15, -0.1) is 0 Å². The first-order valence-electron chi connectivity index (χ1n) is 25.7. The average molecular weight is 945 g/mol. The lowest BCUT2D eigenvalue weighted by Crippen LogP contribution is -2.17. The van der Waals surface area contributed by atoms with E-state index in [0.29, 0.717) is 0 Å². The van der Waals surface area contributed by atoms with Crippen LogP contribution in [-0.2, 0) is 0 Å². The summed E-state index contributed by atoms with van der Waals surface area (Å²) in [5.74, 6) is 0.244. The lowest BCUT2D eigenvalue weighted by molar-refractivity contribution is 0.869. The summed E-state index contributed by atoms with van der Waals surface area (Å²) >= 11 is 0. The molecular formula is C72H52N2. The maximum absolute atomic E-state index is 2.37. The van der Waals surface area contributed by atoms with Crippen LogP contribution in [0.3, 0.4) is 0 Å². The van der Waals surface area contributed by atoms with Gasteiger partial charge in [-0.2, -0.15) is 0 Å². The van der Waals surface area contributed by atoms with Gasteiger partial charge < -0.3 is 9.80 Å². The third kappa shape index (κ3) is 8.53. The molecule has 0 saturated carbocycles. The van der Waals surface area contributed by atoms with E-state index in [2.05, 4.69) is 307 Å². The van der Waals surface area contributed by atoms with Crippen molar-refractivity contribution >= 4 is 45.3 Å². The maximum atomic E-state index is 2.37. The number of benzene rings is 11. The molecule has 350 valence electrons. The highest BCUT2D eigenvalue weighted by Gasteiger charge is 2.35. The fourth-order valence-electron chi connectivity index (χ4n) is 11.1. The minimum Gasteiger partial charge on any atom is -0.311 e. The molecule has 13 rings (SSSR count). The molecule has 1 unspecified atom stereocenters. The SMILES string of the molecule is C1=CC2=C(c3c2cccc3-c2ccc(N(c3ccc(-c4ccccc4)cc3)c3ccc(-c4ccccc4)cc3)cc2)C(c2ccc(N(c3ccc(-c4ccccc4)cc3)c3ccc(-c4ccccc4)cc3)cc2)C1. The van der Waals surface area contributed by atoms with Gasteiger partial charge in [0.25, 0.3) is 0 Å². The summed E-state index contributed by atoms with van der Waals surface area (Å²) in [5.41, 5.74) is 25.6. The van der Waals surface area contributed by atoms with Crippen molar-refractivity contribution in [2.75, 3.05) is 9.80 Å². The smallest absolute Gasteiger partial charge is 0.0462 e. The zero-order chi connectivity index (χ0) is 49.2. The van der Waals surface area contributed by atoms with Crippen LogP contribution < -0.4 is 9.80 Å². The van der Waals surface area contributed by atoms with Crippen LogP contribution in [0.2, 0.25) is 0 Å². The van der Waals surface area contributed by atoms with Gasteiger partial charge in [0, 0.05) is 40.0 Å². The standard InChI is InChI=1S/C72H52N2/c1-5-15-51(16-6-1)55-27-39-61(40-28-55)73(62-41-29-56(30-42-62)52-17-7-2-8-18-52)65-47-35-59(36-48-65)67-23-13-25-69-70-26-14-24-68(72(70)71(67)69)60-37-49-66(50-38-60)74(63-43-31-57(32-44-63)53-19-9-3-10-20-53)64-45-33-58(34-46-64)54-21-11-4-12-22-54/h1-23,25-50,68H,24H2. The Morgan fingerprint density at radius 2 is 0.554 bits per heavy atom. The molecule has 2 heteroatoms. The van der Waals surface area contributed by atoms with Crippen LogP contribution in [0.15, 0.2) is 297 Å². The molecule has 74 heavy (non-hydrogen) atoms. The van der Waals surface area contributed by atoms with Crippen molar-refractivity contribution in [1.29, 1.82) is 0 Å². The summed E-state index contributed by atoms with van der Waals surface area (Å²) in [4.78, 5) is 4.74. The van der Waals surface area contributed by atoms with E-state index in [4.69, 9.17) is 0 Å². The lowest BCUT2D eigenvalue weighted by atomic mass is 9.67. The molecule has 2 aliphatic rings. The van der Waals surface area contributed by atoms with E-state index in [1.165, 1.54) is 83.5 Å². The van der Waals surface area contributed by atoms with Gasteiger partial charge in [0.05, 0.1) is 0 Å². The Kier molecular flexibility index (Phi) is 11.8. The van der Waals surface area contributed by atoms with E-state index in [1.54, 1.807) is 0 Å². The van der Waals surface area contributed by atoms with Crippen LogP contribution in [0.4, 0.5) is 34.1 Å². The molecule has 11 aromatic carbocycles. The summed E-state index contributed by atoms with van der Waals surface area (Å²) in [5, 5.41) is 0. The summed E-state index contributed by atoms with van der Waals surface area (Å²) < 4.78 is 0. The van der Waals surface area contributed by atoms with Crippen molar-refractivity contribution in [3.63, 3.8) is 0 Å². The number of nitrogens with zero attached hydrogens (tertiary/aromatic N) is 2. The summed E-state index contributed by atoms with van der Waals surface area (Å²) in [6, 6.07) is 104. The Balaban J connectivity index is 0.810. The summed E-state index contributed by atoms with van der Waals surface area (Å²) in [7, 11) is 0. The molecule has 11 aromatic rings. The number of fused-ring (bicyclic) bond motifs is 3. The third-order valence-electron chi connectivity index (χ3n) is 14.8. The van der Waals surface area contributed by atoms with Gasteiger partial charge in [0.2, 0.25) is 0 Å². The molecule has 0 bridgehead atoms. The van der Waals surface area contributed by atoms with Crippen LogP contribution in [0, 0.1) is 0 Å². The molecule has 0 fully saturated rings. The molecule has 2 aliphatic carbocycles. The van der Waals surface area contributed by atoms with Crippen LogP contribution in [0.1, 0.15) is 29.0 Å². The molecule has 2 nitrogen and oxygen atoms in total. The molecule has 0 amide bonds. The van der Waals surface area contributed by atoms with Crippen molar-refractivity contribution in [2.45, 2.75) is 12.3 Å². The highest BCUT2D eigenvalue weighted by Crippen LogP contribution is 2.56. The second kappa shape index (κ2) is 19.6. The molecular weight excluding hydrogens is 893 g/mol. The van der Waals surface area contributed by atoms with Crippen LogP contribution in [-0.4, -0.2) is 0 Å². The van der Waals surface area contributed by atoms with Gasteiger partial charge >= 0.3 is 0 Å². The average Bonchev–Trinajstić information content (AvgIpc) is 3.48. The first-order valence-corrected chi connectivity index (χ1v) is 25.7. The Bertz CT molecular complexity index is 3600. The normalized spacial score (nSPS) is 13.4. The minimum atomic E-state index is 0.244. The third-order valence-corrected chi connectivity index (χ3v) is 14.8. The first-order chi connectivity index (χ1) is 36.7. The quantitative estimate of drug-likeness (QED) is 0.120. The monoisotopic (exact) mass is 944 g/mol. The Labute approximate surface area is 434 Å². The zero-order valence-electron chi connectivity index (χ0n) is 41.0. The van der Waals surface area contributed by atoms with Crippen LogP contribution in [0.5, 0.6) is 0 Å². The number of rotatable bonds is 12. The number of allylic oxidation sites excluding steroid dienone is 4. The van der Waals surface area contributed by atoms with Crippen LogP contribution >= 0.6 is 0 Å². The Hall–Kier alpha value is -9.50. The predicted molar refractivity (Wildman–Crippen MR) is 313 cm³/mol. The van der Waals surface area contributed by atoms with E-state index >= 15 is 0 Å². The van der Waals surface area contributed by atoms with E-state index in [0.717, 1.165) is 40.5 Å². The zero-order valence-corrected chi connectivity index (χ0v) is 41.0. The van der Waals surface area contributed by atoms with E-state index in [9.17, 15) is 0 Å². The number of anilines is 6. The number of hydrogen-bond donors (Lipinski definition) is 0. The molecule has 0 spiro atoms. The van der Waals surface area contributed by atoms with Gasteiger partial charge in [0.1, 0.15) is 0 Å². The Morgan fingerprint density at radius 1 is 0.257 bits per heavy atom. The van der Waals surface area contributed by atoms with Crippen molar-refractivity contribution < 1.29 is 0 Å². The van der Waals surface area contributed by atoms with E-state index < -0.39 is 0 Å². The summed E-state index contributed by atoms with van der Waals surface area (Å²) in [6.45, 7) is 0. The molecule has 1 atom stereocenters. The lowest BCUT2D eigenvalue weighted by Gasteiger charge is -2.37. The fourth-order valence-corrected chi connectivity index (χ4v) is 11.1. The molecule has 0 N–H and O–H groups in total. The van der Waals surface area contributed by atoms with Crippen LogP contribution in [0.25, 0.3) is 66.8 Å². The van der Waals surface area contributed by atoms with Crippen molar-refractivity contribution in [3.8, 4) is 55.6 Å². The largest absolute Gasteiger partial charge is 0.311 e. The molecule has 0 heterocycles. The van der Waals surface area contributed by atoms with Gasteiger partial charge in [-0.25, -0.2) is 0 Å². The number of hydrogen-bond acceptors (Lipinski definition) is 2. The molecule has 0 saturated heterocycles. The second-order valence-electron chi connectivity index (χ2n) is 19.2. The highest BCUT2D eigenvalue weighted by molar-refractivity contribution is 6.14. The highest BCUT2D eigenvalue weighted by atomic mass is 15.1. The topological polar surface area (TPSA) is 6.48 Å². The minimum absolute atomic E-state index is 0.244. The van der Waals surface area contributed by atoms with Gasteiger partial charge in [-0.1, -0.05) is 224 Å². The van der Waals surface area contributed by atoms with Crippen molar-refractivity contribution in [1.82, 2.24) is 0 Å². The molecule has 0 aliphatic heterocycles. The predicted octanol–water partition coefficient (Wildman–Crippen LogP) is 19.9. The summed E-state index contributed by atoms with van der Waals surface area (Å²) in [6.07, 6.45) is 5.67. The van der Waals surface area contributed by atoms with E-state index in [1.807, 2.05) is 0 Å². The maximum Gasteiger partial charge on any atom is 0.0462 e. The second-order valence-corrected chi connectivity index (χ2v) is 19.2.